The van der Waals surface area contributed by atoms with Crippen molar-refractivity contribution in [2.24, 2.45) is 5.92 Å². The van der Waals surface area contributed by atoms with E-state index in [1.165, 1.54) is 11.1 Å². The van der Waals surface area contributed by atoms with Crippen LogP contribution in [0.2, 0.25) is 5.02 Å². The van der Waals surface area contributed by atoms with Crippen molar-refractivity contribution in [3.05, 3.63) is 70.8 Å². The second kappa shape index (κ2) is 4.81. The molecule has 0 bridgehead atoms. The van der Waals surface area contributed by atoms with E-state index in [2.05, 4.69) is 29.6 Å². The Morgan fingerprint density at radius 1 is 1.10 bits per heavy atom. The minimum atomic E-state index is 0.277. The summed E-state index contributed by atoms with van der Waals surface area (Å²) in [4.78, 5) is 0. The number of allylic oxidation sites excluding steroid dienone is 2. The van der Waals surface area contributed by atoms with Crippen LogP contribution in [0.1, 0.15) is 29.5 Å². The molecule has 0 spiro atoms. The molecule has 0 saturated heterocycles. The quantitative estimate of drug-likeness (QED) is 0.581. The lowest BCUT2D eigenvalue weighted by Crippen LogP contribution is -2.28. The first-order chi connectivity index (χ1) is 10.2. The Balaban J connectivity index is 1.78. The molecule has 2 aromatic carbocycles. The van der Waals surface area contributed by atoms with E-state index in [0.29, 0.717) is 17.6 Å². The van der Waals surface area contributed by atoms with Crippen molar-refractivity contribution in [1.82, 2.24) is 0 Å². The van der Waals surface area contributed by atoms with Crippen molar-refractivity contribution >= 4 is 17.3 Å². The average molecular weight is 298 g/mol. The Morgan fingerprint density at radius 3 is 2.71 bits per heavy atom. The molecule has 0 aromatic heterocycles. The van der Waals surface area contributed by atoms with Crippen LogP contribution in [0.3, 0.4) is 0 Å². The third-order valence-electron chi connectivity index (χ3n) is 4.58. The first-order valence-electron chi connectivity index (χ1n) is 7.24. The molecule has 3 atom stereocenters. The molecule has 106 valence electrons. The Labute approximate surface area is 129 Å². The molecule has 0 fully saturated rings. The van der Waals surface area contributed by atoms with E-state index in [1.807, 2.05) is 24.3 Å². The van der Waals surface area contributed by atoms with Gasteiger partial charge < -0.3 is 10.4 Å². The topological polar surface area (TPSA) is 32.3 Å². The van der Waals surface area contributed by atoms with E-state index in [-0.39, 0.29) is 6.04 Å². The zero-order valence-corrected chi connectivity index (χ0v) is 12.2. The normalized spacial score (nSPS) is 26.0. The maximum Gasteiger partial charge on any atom is 0.116 e. The fraction of sp³-hybridized carbons (Fsp3) is 0.222. The van der Waals surface area contributed by atoms with E-state index < -0.39 is 0 Å². The fourth-order valence-corrected chi connectivity index (χ4v) is 3.71. The van der Waals surface area contributed by atoms with Crippen LogP contribution in [0.15, 0.2) is 54.6 Å². The van der Waals surface area contributed by atoms with Gasteiger partial charge in [-0.1, -0.05) is 35.9 Å². The van der Waals surface area contributed by atoms with E-state index in [4.69, 9.17) is 11.6 Å². The van der Waals surface area contributed by atoms with Crippen LogP contribution in [0.25, 0.3) is 0 Å². The highest BCUT2D eigenvalue weighted by atomic mass is 35.5. The van der Waals surface area contributed by atoms with Crippen molar-refractivity contribution in [2.75, 3.05) is 5.32 Å². The minimum Gasteiger partial charge on any atom is -0.508 e. The molecule has 1 aliphatic carbocycles. The predicted octanol–water partition coefficient (Wildman–Crippen LogP) is 4.87. The van der Waals surface area contributed by atoms with Gasteiger partial charge in [0.2, 0.25) is 0 Å². The molecule has 1 aliphatic heterocycles. The van der Waals surface area contributed by atoms with Gasteiger partial charge in [0, 0.05) is 16.6 Å². The number of rotatable bonds is 1. The Kier molecular flexibility index (Phi) is 2.93. The molecule has 0 saturated carbocycles. The van der Waals surface area contributed by atoms with E-state index >= 15 is 0 Å². The summed E-state index contributed by atoms with van der Waals surface area (Å²) in [5.74, 6) is 1.19. The van der Waals surface area contributed by atoms with Crippen molar-refractivity contribution < 1.29 is 5.11 Å². The van der Waals surface area contributed by atoms with Gasteiger partial charge in [-0.15, -0.1) is 0 Å². The first-order valence-corrected chi connectivity index (χ1v) is 7.62. The number of phenolic OH excluding ortho intramolecular Hbond substituents is 1. The molecule has 2 aromatic rings. The van der Waals surface area contributed by atoms with Gasteiger partial charge in [-0.25, -0.2) is 0 Å². The highest BCUT2D eigenvalue weighted by Crippen LogP contribution is 2.50. The fourth-order valence-electron chi connectivity index (χ4n) is 3.58. The van der Waals surface area contributed by atoms with E-state index in [0.717, 1.165) is 17.1 Å². The summed E-state index contributed by atoms with van der Waals surface area (Å²) in [6.45, 7) is 0. The molecule has 3 unspecified atom stereocenters. The first kappa shape index (κ1) is 12.8. The number of benzene rings is 2. The van der Waals surface area contributed by atoms with Crippen LogP contribution in [0.4, 0.5) is 5.69 Å². The summed E-state index contributed by atoms with van der Waals surface area (Å²) < 4.78 is 0. The Morgan fingerprint density at radius 2 is 1.90 bits per heavy atom. The average Bonchev–Trinajstić information content (AvgIpc) is 2.97. The van der Waals surface area contributed by atoms with Gasteiger partial charge in [0.25, 0.3) is 0 Å². The molecule has 4 rings (SSSR count). The van der Waals surface area contributed by atoms with Gasteiger partial charge in [-0.05, 0) is 53.8 Å². The molecule has 2 nitrogen and oxygen atoms in total. The number of anilines is 1. The summed E-state index contributed by atoms with van der Waals surface area (Å²) in [5, 5.41) is 14.2. The second-order valence-electron chi connectivity index (χ2n) is 5.80. The molecule has 1 heterocycles. The third-order valence-corrected chi connectivity index (χ3v) is 4.83. The van der Waals surface area contributed by atoms with Crippen LogP contribution in [-0.2, 0) is 0 Å². The number of nitrogens with one attached hydrogen (secondary N) is 1. The largest absolute Gasteiger partial charge is 0.508 e. The van der Waals surface area contributed by atoms with Crippen LogP contribution < -0.4 is 5.32 Å². The lowest BCUT2D eigenvalue weighted by molar-refractivity contribution is 0.421. The van der Waals surface area contributed by atoms with Crippen molar-refractivity contribution in [3.8, 4) is 5.75 Å². The summed E-state index contributed by atoms with van der Waals surface area (Å²) in [5.41, 5.74) is 3.57. The number of hydrogen-bond acceptors (Lipinski definition) is 2. The molecule has 0 amide bonds. The lowest BCUT2D eigenvalue weighted by Gasteiger charge is -2.37. The molecule has 2 aliphatic rings. The van der Waals surface area contributed by atoms with Crippen molar-refractivity contribution in [2.45, 2.75) is 18.4 Å². The highest BCUT2D eigenvalue weighted by molar-refractivity contribution is 6.30. The molecular formula is C18H16ClNO. The van der Waals surface area contributed by atoms with Crippen LogP contribution in [0.5, 0.6) is 5.75 Å². The number of fused-ring (bicyclic) bond motifs is 3. The number of phenols is 1. The second-order valence-corrected chi connectivity index (χ2v) is 6.24. The highest BCUT2D eigenvalue weighted by Gasteiger charge is 2.37. The van der Waals surface area contributed by atoms with Gasteiger partial charge in [0.15, 0.2) is 0 Å². The summed E-state index contributed by atoms with van der Waals surface area (Å²) in [6.07, 6.45) is 5.58. The number of hydrogen-bond donors (Lipinski definition) is 2. The third kappa shape index (κ3) is 2.11. The maximum atomic E-state index is 9.76. The zero-order valence-electron chi connectivity index (χ0n) is 11.5. The van der Waals surface area contributed by atoms with Gasteiger partial charge in [0.1, 0.15) is 5.75 Å². The molecule has 3 heteroatoms. The lowest BCUT2D eigenvalue weighted by atomic mass is 9.77. The van der Waals surface area contributed by atoms with Crippen LogP contribution in [0, 0.1) is 5.92 Å². The SMILES string of the molecule is Oc1ccc2c(c1)C1C=CCC1C(c1ccc(Cl)cc1)N2. The van der Waals surface area contributed by atoms with Gasteiger partial charge in [-0.3, -0.25) is 0 Å². The molecular weight excluding hydrogens is 282 g/mol. The maximum absolute atomic E-state index is 9.76. The molecule has 0 radical (unpaired) electrons. The summed E-state index contributed by atoms with van der Waals surface area (Å²) in [6, 6.07) is 14.0. The summed E-state index contributed by atoms with van der Waals surface area (Å²) in [7, 11) is 0. The Bertz CT molecular complexity index is 708. The van der Waals surface area contributed by atoms with Crippen molar-refractivity contribution in [1.29, 1.82) is 0 Å². The predicted molar refractivity (Wildman–Crippen MR) is 85.9 cm³/mol. The zero-order chi connectivity index (χ0) is 14.4. The smallest absolute Gasteiger partial charge is 0.116 e. The van der Waals surface area contributed by atoms with Crippen molar-refractivity contribution in [3.63, 3.8) is 0 Å². The Hall–Kier alpha value is -1.93. The van der Waals surface area contributed by atoms with Gasteiger partial charge in [-0.2, -0.15) is 0 Å². The van der Waals surface area contributed by atoms with Crippen LogP contribution >= 0.6 is 11.6 Å². The summed E-state index contributed by atoms with van der Waals surface area (Å²) >= 11 is 6.00. The number of aromatic hydroxyl groups is 1. The minimum absolute atomic E-state index is 0.277. The molecule has 21 heavy (non-hydrogen) atoms. The van der Waals surface area contributed by atoms with E-state index in [1.54, 1.807) is 6.07 Å². The monoisotopic (exact) mass is 297 g/mol. The van der Waals surface area contributed by atoms with Crippen LogP contribution in [-0.4, -0.2) is 5.11 Å². The number of halogens is 1. The molecule has 2 N–H and O–H groups in total. The van der Waals surface area contributed by atoms with E-state index in [9.17, 15) is 5.11 Å². The van der Waals surface area contributed by atoms with Gasteiger partial charge in [0.05, 0.1) is 6.04 Å². The van der Waals surface area contributed by atoms with Gasteiger partial charge >= 0.3 is 0 Å². The standard InChI is InChI=1S/C18H16ClNO/c19-12-6-4-11(5-7-12)18-15-3-1-2-14(15)16-10-13(21)8-9-17(16)20-18/h1-2,4-10,14-15,18,20-21H,3H2.